The van der Waals surface area contributed by atoms with Crippen molar-refractivity contribution in [2.45, 2.75) is 44.2 Å². The van der Waals surface area contributed by atoms with Gasteiger partial charge in [-0.15, -0.1) is 0 Å². The average molecular weight is 276 g/mol. The van der Waals surface area contributed by atoms with Crippen molar-refractivity contribution in [1.29, 1.82) is 0 Å². The van der Waals surface area contributed by atoms with Crippen LogP contribution in [0.5, 0.6) is 0 Å². The smallest absolute Gasteiger partial charge is 0.0540 e. The first-order chi connectivity index (χ1) is 9.51. The van der Waals surface area contributed by atoms with Gasteiger partial charge < -0.3 is 16.0 Å². The van der Waals surface area contributed by atoms with Crippen LogP contribution in [0.2, 0.25) is 0 Å². The van der Waals surface area contributed by atoms with E-state index in [1.54, 1.807) is 6.20 Å². The summed E-state index contributed by atoms with van der Waals surface area (Å²) in [6.07, 6.45) is 8.62. The highest BCUT2D eigenvalue weighted by molar-refractivity contribution is 5.47. The minimum Gasteiger partial charge on any atom is -0.398 e. The monoisotopic (exact) mass is 276 g/mol. The summed E-state index contributed by atoms with van der Waals surface area (Å²) in [5.41, 5.74) is 8.27. The fourth-order valence-electron chi connectivity index (χ4n) is 3.63. The number of hydrogen-bond donors (Lipinski definition) is 2. The molecule has 4 nitrogen and oxygen atoms in total. The maximum atomic E-state index is 6.19. The Hall–Kier alpha value is -1.13. The minimum atomic E-state index is 0.123. The third-order valence-corrected chi connectivity index (χ3v) is 5.05. The zero-order chi connectivity index (χ0) is 14.8. The van der Waals surface area contributed by atoms with Crippen LogP contribution in [0.3, 0.4) is 0 Å². The van der Waals surface area contributed by atoms with E-state index in [-0.39, 0.29) is 11.6 Å². The lowest BCUT2D eigenvalue weighted by molar-refractivity contribution is 0.0457. The standard InChI is InChI=1S/C16H28N4/c1-12-5-8-16(9-6-12,20(3)4)15(18-2)13-11-19-10-7-14(13)17/h7,10-12,15,18H,5-6,8-9H2,1-4H3,(H2,17,19). The highest BCUT2D eigenvalue weighted by Crippen LogP contribution is 2.44. The van der Waals surface area contributed by atoms with Crippen LogP contribution in [-0.4, -0.2) is 36.6 Å². The number of hydrogen-bond acceptors (Lipinski definition) is 4. The van der Waals surface area contributed by atoms with Crippen molar-refractivity contribution in [3.8, 4) is 0 Å². The number of nitrogens with one attached hydrogen (secondary N) is 1. The first-order valence-corrected chi connectivity index (χ1v) is 7.55. The molecule has 1 aromatic heterocycles. The van der Waals surface area contributed by atoms with E-state index in [9.17, 15) is 0 Å². The third kappa shape index (κ3) is 2.67. The third-order valence-electron chi connectivity index (χ3n) is 5.05. The Balaban J connectivity index is 2.38. The Bertz CT molecular complexity index is 436. The van der Waals surface area contributed by atoms with Gasteiger partial charge in [0.1, 0.15) is 0 Å². The Labute approximate surface area is 122 Å². The van der Waals surface area contributed by atoms with Crippen LogP contribution >= 0.6 is 0 Å². The molecule has 0 amide bonds. The van der Waals surface area contributed by atoms with E-state index < -0.39 is 0 Å². The molecule has 1 atom stereocenters. The number of rotatable bonds is 4. The number of likely N-dealkylation sites (N-methyl/N-ethyl adjacent to an activating group) is 2. The number of nitrogens with two attached hydrogens (primary N) is 1. The zero-order valence-electron chi connectivity index (χ0n) is 13.2. The molecule has 0 bridgehead atoms. The van der Waals surface area contributed by atoms with E-state index in [1.165, 1.54) is 25.7 Å². The van der Waals surface area contributed by atoms with Crippen molar-refractivity contribution in [2.75, 3.05) is 26.9 Å². The van der Waals surface area contributed by atoms with E-state index in [1.807, 2.05) is 19.3 Å². The number of nitrogens with zero attached hydrogens (tertiary/aromatic N) is 2. The van der Waals surface area contributed by atoms with Gasteiger partial charge >= 0.3 is 0 Å². The summed E-state index contributed by atoms with van der Waals surface area (Å²) in [4.78, 5) is 6.66. The number of nitrogen functional groups attached to an aromatic ring is 1. The first-order valence-electron chi connectivity index (χ1n) is 7.55. The Morgan fingerprint density at radius 3 is 2.55 bits per heavy atom. The molecule has 112 valence electrons. The van der Waals surface area contributed by atoms with Crippen LogP contribution in [0.15, 0.2) is 18.5 Å². The largest absolute Gasteiger partial charge is 0.398 e. The second-order valence-corrected chi connectivity index (χ2v) is 6.41. The van der Waals surface area contributed by atoms with Gasteiger partial charge in [0.25, 0.3) is 0 Å². The molecule has 0 aliphatic heterocycles. The van der Waals surface area contributed by atoms with Gasteiger partial charge in [-0.3, -0.25) is 4.98 Å². The molecule has 1 unspecified atom stereocenters. The zero-order valence-corrected chi connectivity index (χ0v) is 13.2. The van der Waals surface area contributed by atoms with Crippen LogP contribution < -0.4 is 11.1 Å². The van der Waals surface area contributed by atoms with Gasteiger partial charge in [-0.25, -0.2) is 0 Å². The predicted octanol–water partition coefficient (Wildman–Crippen LogP) is 2.43. The van der Waals surface area contributed by atoms with E-state index in [2.05, 4.69) is 36.2 Å². The molecule has 0 radical (unpaired) electrons. The summed E-state index contributed by atoms with van der Waals surface area (Å²) >= 11 is 0. The summed E-state index contributed by atoms with van der Waals surface area (Å²) in [6.45, 7) is 2.35. The van der Waals surface area contributed by atoms with Crippen LogP contribution in [0, 0.1) is 5.92 Å². The maximum Gasteiger partial charge on any atom is 0.0540 e. The summed E-state index contributed by atoms with van der Waals surface area (Å²) in [7, 11) is 6.40. The van der Waals surface area contributed by atoms with Crippen LogP contribution in [0.1, 0.15) is 44.2 Å². The van der Waals surface area contributed by atoms with Crippen molar-refractivity contribution in [2.24, 2.45) is 5.92 Å². The summed E-state index contributed by atoms with van der Waals surface area (Å²) in [6, 6.07) is 2.12. The maximum absolute atomic E-state index is 6.19. The molecule has 1 heterocycles. The highest BCUT2D eigenvalue weighted by Gasteiger charge is 2.43. The lowest BCUT2D eigenvalue weighted by Crippen LogP contribution is -2.55. The number of pyridine rings is 1. The van der Waals surface area contributed by atoms with Gasteiger partial charge in [0.05, 0.1) is 6.04 Å². The van der Waals surface area contributed by atoms with Crippen LogP contribution in [-0.2, 0) is 0 Å². The lowest BCUT2D eigenvalue weighted by atomic mass is 9.70. The van der Waals surface area contributed by atoms with E-state index >= 15 is 0 Å². The molecule has 0 aromatic carbocycles. The van der Waals surface area contributed by atoms with Crippen molar-refractivity contribution < 1.29 is 0 Å². The Kier molecular flexibility index (Phi) is 4.66. The van der Waals surface area contributed by atoms with Gasteiger partial charge in [-0.05, 0) is 58.8 Å². The van der Waals surface area contributed by atoms with E-state index in [0.29, 0.717) is 0 Å². The topological polar surface area (TPSA) is 54.2 Å². The minimum absolute atomic E-state index is 0.123. The van der Waals surface area contributed by atoms with Crippen LogP contribution in [0.25, 0.3) is 0 Å². The van der Waals surface area contributed by atoms with Crippen molar-refractivity contribution >= 4 is 5.69 Å². The van der Waals surface area contributed by atoms with Crippen molar-refractivity contribution in [1.82, 2.24) is 15.2 Å². The van der Waals surface area contributed by atoms with Gasteiger partial charge in [0.2, 0.25) is 0 Å². The molecule has 1 saturated carbocycles. The molecule has 20 heavy (non-hydrogen) atoms. The highest BCUT2D eigenvalue weighted by atomic mass is 15.2. The molecular weight excluding hydrogens is 248 g/mol. The summed E-state index contributed by atoms with van der Waals surface area (Å²) in [5, 5.41) is 3.50. The second kappa shape index (κ2) is 6.10. The summed E-state index contributed by atoms with van der Waals surface area (Å²) in [5.74, 6) is 0.826. The molecule has 0 spiro atoms. The average Bonchev–Trinajstić information content (AvgIpc) is 2.43. The quantitative estimate of drug-likeness (QED) is 0.887. The normalized spacial score (nSPS) is 28.6. The Morgan fingerprint density at radius 2 is 2.05 bits per heavy atom. The summed E-state index contributed by atoms with van der Waals surface area (Å²) < 4.78 is 0. The molecule has 2 rings (SSSR count). The fourth-order valence-corrected chi connectivity index (χ4v) is 3.63. The second-order valence-electron chi connectivity index (χ2n) is 6.41. The first kappa shape index (κ1) is 15.3. The van der Waals surface area contributed by atoms with Gasteiger partial charge in [-0.1, -0.05) is 6.92 Å². The molecule has 0 saturated heterocycles. The predicted molar refractivity (Wildman–Crippen MR) is 84.5 cm³/mol. The fraction of sp³-hybridized carbons (Fsp3) is 0.688. The van der Waals surface area contributed by atoms with Crippen molar-refractivity contribution in [3.05, 3.63) is 24.0 Å². The molecular formula is C16H28N4. The lowest BCUT2D eigenvalue weighted by Gasteiger charge is -2.50. The molecule has 1 aromatic rings. The van der Waals surface area contributed by atoms with E-state index in [4.69, 9.17) is 5.73 Å². The molecule has 3 N–H and O–H groups in total. The van der Waals surface area contributed by atoms with Crippen molar-refractivity contribution in [3.63, 3.8) is 0 Å². The number of aromatic nitrogens is 1. The van der Waals surface area contributed by atoms with E-state index in [0.717, 1.165) is 17.2 Å². The molecule has 4 heteroatoms. The van der Waals surface area contributed by atoms with Gasteiger partial charge in [-0.2, -0.15) is 0 Å². The van der Waals surface area contributed by atoms with Gasteiger partial charge in [0.15, 0.2) is 0 Å². The number of anilines is 1. The SMILES string of the molecule is CNC(c1cnccc1N)C1(N(C)C)CCC(C)CC1. The molecule has 1 aliphatic rings. The molecule has 1 fully saturated rings. The van der Waals surface area contributed by atoms with Gasteiger partial charge in [0, 0.05) is 29.2 Å². The Morgan fingerprint density at radius 1 is 1.40 bits per heavy atom. The van der Waals surface area contributed by atoms with Crippen LogP contribution in [0.4, 0.5) is 5.69 Å². The molecule has 1 aliphatic carbocycles.